The lowest BCUT2D eigenvalue weighted by Gasteiger charge is -2.24. The van der Waals surface area contributed by atoms with Crippen LogP contribution in [0.5, 0.6) is 0 Å². The fourth-order valence-corrected chi connectivity index (χ4v) is 1.89. The predicted molar refractivity (Wildman–Crippen MR) is 78.3 cm³/mol. The topological polar surface area (TPSA) is 43.8 Å². The Labute approximate surface area is 115 Å². The molecule has 1 rings (SSSR count). The van der Waals surface area contributed by atoms with E-state index in [-0.39, 0.29) is 12.5 Å². The maximum absolute atomic E-state index is 12.2. The number of aliphatic hydroxyl groups excluding tert-OH is 1. The molecule has 0 aliphatic carbocycles. The summed E-state index contributed by atoms with van der Waals surface area (Å²) in [5.74, 6) is 0.0516. The molecule has 0 aliphatic rings. The molecule has 4 nitrogen and oxygen atoms in total. The molecule has 0 fully saturated rings. The number of amides is 1. The minimum atomic E-state index is 0.0516. The van der Waals surface area contributed by atoms with Crippen LogP contribution in [0.2, 0.25) is 0 Å². The SMILES string of the molecule is CCCCN(CCO)CC(=O)N(C)c1ccccc1. The Morgan fingerprint density at radius 2 is 1.89 bits per heavy atom. The molecule has 1 aromatic rings. The number of nitrogens with zero attached hydrogens (tertiary/aromatic N) is 2. The van der Waals surface area contributed by atoms with Crippen molar-refractivity contribution in [2.24, 2.45) is 0 Å². The van der Waals surface area contributed by atoms with Crippen LogP contribution in [-0.4, -0.2) is 49.2 Å². The zero-order valence-corrected chi connectivity index (χ0v) is 11.9. The predicted octanol–water partition coefficient (Wildman–Crippen LogP) is 1.74. The summed E-state index contributed by atoms with van der Waals surface area (Å²) < 4.78 is 0. The van der Waals surface area contributed by atoms with E-state index in [2.05, 4.69) is 6.92 Å². The molecule has 0 spiro atoms. The highest BCUT2D eigenvalue weighted by Crippen LogP contribution is 2.11. The van der Waals surface area contributed by atoms with Gasteiger partial charge in [0.2, 0.25) is 5.91 Å². The number of carbonyl (C=O) groups excluding carboxylic acids is 1. The third kappa shape index (κ3) is 5.41. The first-order valence-electron chi connectivity index (χ1n) is 6.83. The van der Waals surface area contributed by atoms with Crippen molar-refractivity contribution in [1.82, 2.24) is 4.90 Å². The number of benzene rings is 1. The summed E-state index contributed by atoms with van der Waals surface area (Å²) in [6, 6.07) is 9.60. The minimum absolute atomic E-state index is 0.0516. The Balaban J connectivity index is 2.55. The van der Waals surface area contributed by atoms with E-state index in [4.69, 9.17) is 5.11 Å². The Hall–Kier alpha value is -1.39. The van der Waals surface area contributed by atoms with Gasteiger partial charge in [0.05, 0.1) is 13.2 Å². The van der Waals surface area contributed by atoms with Crippen molar-refractivity contribution in [3.63, 3.8) is 0 Å². The average molecular weight is 264 g/mol. The third-order valence-electron chi connectivity index (χ3n) is 3.12. The van der Waals surface area contributed by atoms with Gasteiger partial charge in [-0.2, -0.15) is 0 Å². The maximum atomic E-state index is 12.2. The van der Waals surface area contributed by atoms with Gasteiger partial charge in [0.15, 0.2) is 0 Å². The molecule has 1 N–H and O–H groups in total. The van der Waals surface area contributed by atoms with Gasteiger partial charge < -0.3 is 10.0 Å². The van der Waals surface area contributed by atoms with Gasteiger partial charge >= 0.3 is 0 Å². The highest BCUT2D eigenvalue weighted by Gasteiger charge is 2.14. The zero-order chi connectivity index (χ0) is 14.1. The summed E-state index contributed by atoms with van der Waals surface area (Å²) in [5, 5.41) is 9.04. The number of hydrogen-bond acceptors (Lipinski definition) is 3. The van der Waals surface area contributed by atoms with Crippen LogP contribution in [0.4, 0.5) is 5.69 Å². The molecule has 1 amide bonds. The number of para-hydroxylation sites is 1. The lowest BCUT2D eigenvalue weighted by Crippen LogP contribution is -2.40. The molecule has 106 valence electrons. The number of unbranched alkanes of at least 4 members (excludes halogenated alkanes) is 1. The fourth-order valence-electron chi connectivity index (χ4n) is 1.89. The van der Waals surface area contributed by atoms with Gasteiger partial charge in [0.1, 0.15) is 0 Å². The first-order chi connectivity index (χ1) is 9.19. The maximum Gasteiger partial charge on any atom is 0.240 e. The van der Waals surface area contributed by atoms with Crippen molar-refractivity contribution in [2.45, 2.75) is 19.8 Å². The number of aliphatic hydroxyl groups is 1. The summed E-state index contributed by atoms with van der Waals surface area (Å²) >= 11 is 0. The molecule has 0 aromatic heterocycles. The molecule has 0 saturated heterocycles. The first kappa shape index (κ1) is 15.7. The van der Waals surface area contributed by atoms with Crippen molar-refractivity contribution >= 4 is 11.6 Å². The molecule has 0 bridgehead atoms. The lowest BCUT2D eigenvalue weighted by atomic mass is 10.2. The largest absolute Gasteiger partial charge is 0.395 e. The van der Waals surface area contributed by atoms with E-state index >= 15 is 0 Å². The minimum Gasteiger partial charge on any atom is -0.395 e. The van der Waals surface area contributed by atoms with E-state index in [0.717, 1.165) is 25.1 Å². The summed E-state index contributed by atoms with van der Waals surface area (Å²) in [5.41, 5.74) is 0.895. The van der Waals surface area contributed by atoms with E-state index in [9.17, 15) is 4.79 Å². The van der Waals surface area contributed by atoms with Crippen LogP contribution in [0.25, 0.3) is 0 Å². The quantitative estimate of drug-likeness (QED) is 0.778. The van der Waals surface area contributed by atoms with Crippen molar-refractivity contribution in [1.29, 1.82) is 0 Å². The van der Waals surface area contributed by atoms with Gasteiger partial charge in [-0.05, 0) is 25.1 Å². The highest BCUT2D eigenvalue weighted by atomic mass is 16.3. The number of likely N-dealkylation sites (N-methyl/N-ethyl adjacent to an activating group) is 1. The number of rotatable bonds is 8. The fraction of sp³-hybridized carbons (Fsp3) is 0.533. The molecular weight excluding hydrogens is 240 g/mol. The van der Waals surface area contributed by atoms with Crippen molar-refractivity contribution < 1.29 is 9.90 Å². The second kappa shape index (κ2) is 8.67. The summed E-state index contributed by atoms with van der Waals surface area (Å²) in [7, 11) is 1.79. The molecule has 0 saturated carbocycles. The number of carbonyl (C=O) groups is 1. The van der Waals surface area contributed by atoms with E-state index in [1.807, 2.05) is 35.2 Å². The second-order valence-electron chi connectivity index (χ2n) is 4.64. The molecule has 0 unspecified atom stereocenters. The van der Waals surface area contributed by atoms with Crippen LogP contribution in [-0.2, 0) is 4.79 Å². The lowest BCUT2D eigenvalue weighted by molar-refractivity contribution is -0.119. The summed E-state index contributed by atoms with van der Waals surface area (Å²) in [6.45, 7) is 3.97. The van der Waals surface area contributed by atoms with Crippen LogP contribution >= 0.6 is 0 Å². The molecule has 19 heavy (non-hydrogen) atoms. The first-order valence-corrected chi connectivity index (χ1v) is 6.83. The smallest absolute Gasteiger partial charge is 0.240 e. The molecule has 0 heterocycles. The third-order valence-corrected chi connectivity index (χ3v) is 3.12. The standard InChI is InChI=1S/C15H24N2O2/c1-3-4-10-17(11-12-18)13-15(19)16(2)14-8-6-5-7-9-14/h5-9,18H,3-4,10-13H2,1-2H3. The summed E-state index contributed by atoms with van der Waals surface area (Å²) in [4.78, 5) is 15.9. The zero-order valence-electron chi connectivity index (χ0n) is 11.9. The van der Waals surface area contributed by atoms with Crippen LogP contribution in [0.3, 0.4) is 0 Å². The van der Waals surface area contributed by atoms with Crippen LogP contribution in [0.1, 0.15) is 19.8 Å². The molecule has 0 aliphatic heterocycles. The highest BCUT2D eigenvalue weighted by molar-refractivity contribution is 5.94. The molecule has 0 radical (unpaired) electrons. The monoisotopic (exact) mass is 264 g/mol. The van der Waals surface area contributed by atoms with Crippen molar-refractivity contribution in [3.8, 4) is 0 Å². The number of anilines is 1. The Bertz CT molecular complexity index is 368. The molecule has 4 heteroatoms. The van der Waals surface area contributed by atoms with Gasteiger partial charge in [0.25, 0.3) is 0 Å². The van der Waals surface area contributed by atoms with Gasteiger partial charge in [-0.25, -0.2) is 0 Å². The Morgan fingerprint density at radius 1 is 1.21 bits per heavy atom. The van der Waals surface area contributed by atoms with Gasteiger partial charge in [-0.1, -0.05) is 31.5 Å². The second-order valence-corrected chi connectivity index (χ2v) is 4.64. The molecule has 1 aromatic carbocycles. The number of hydrogen-bond donors (Lipinski definition) is 1. The van der Waals surface area contributed by atoms with Crippen LogP contribution in [0.15, 0.2) is 30.3 Å². The Kier molecular flexibility index (Phi) is 7.15. The van der Waals surface area contributed by atoms with Gasteiger partial charge in [-0.3, -0.25) is 9.69 Å². The van der Waals surface area contributed by atoms with Crippen LogP contribution < -0.4 is 4.90 Å². The van der Waals surface area contributed by atoms with E-state index in [1.54, 1.807) is 11.9 Å². The molecular formula is C15H24N2O2. The summed E-state index contributed by atoms with van der Waals surface area (Å²) in [6.07, 6.45) is 2.13. The van der Waals surface area contributed by atoms with Crippen LogP contribution in [0, 0.1) is 0 Å². The van der Waals surface area contributed by atoms with Gasteiger partial charge in [0, 0.05) is 19.3 Å². The van der Waals surface area contributed by atoms with E-state index in [0.29, 0.717) is 13.1 Å². The average Bonchev–Trinajstić information content (AvgIpc) is 2.45. The van der Waals surface area contributed by atoms with Gasteiger partial charge in [-0.15, -0.1) is 0 Å². The van der Waals surface area contributed by atoms with E-state index < -0.39 is 0 Å². The normalized spacial score (nSPS) is 10.7. The molecule has 0 atom stereocenters. The van der Waals surface area contributed by atoms with Crippen molar-refractivity contribution in [2.75, 3.05) is 38.2 Å². The Morgan fingerprint density at radius 3 is 2.47 bits per heavy atom. The van der Waals surface area contributed by atoms with Crippen molar-refractivity contribution in [3.05, 3.63) is 30.3 Å². The van der Waals surface area contributed by atoms with E-state index in [1.165, 1.54) is 0 Å².